The predicted molar refractivity (Wildman–Crippen MR) is 66.2 cm³/mol. The number of hydrogen-bond donors (Lipinski definition) is 0. The van der Waals surface area contributed by atoms with Gasteiger partial charge in [0.1, 0.15) is 5.82 Å². The second-order valence-corrected chi connectivity index (χ2v) is 4.46. The molecule has 1 nitrogen and oxygen atoms in total. The lowest BCUT2D eigenvalue weighted by atomic mass is 10.2. The van der Waals surface area contributed by atoms with Crippen molar-refractivity contribution in [2.24, 2.45) is 0 Å². The molecule has 0 fully saturated rings. The van der Waals surface area contributed by atoms with Gasteiger partial charge in [-0.3, -0.25) is 4.90 Å². The van der Waals surface area contributed by atoms with E-state index in [9.17, 15) is 4.39 Å². The number of rotatable bonds is 5. The Morgan fingerprint density at radius 1 is 1.47 bits per heavy atom. The molecule has 0 aliphatic rings. The lowest BCUT2D eigenvalue weighted by Crippen LogP contribution is -2.25. The Kier molecular flexibility index (Phi) is 5.58. The number of nitrogens with zero attached hydrogens (tertiary/aromatic N) is 1. The van der Waals surface area contributed by atoms with Crippen molar-refractivity contribution < 1.29 is 4.39 Å². The van der Waals surface area contributed by atoms with Gasteiger partial charge >= 0.3 is 0 Å². The largest absolute Gasteiger partial charge is 0.298 e. The zero-order valence-electron chi connectivity index (χ0n) is 8.64. The fraction of sp³-hybridized carbons (Fsp3) is 0.455. The topological polar surface area (TPSA) is 3.24 Å². The van der Waals surface area contributed by atoms with Gasteiger partial charge in [0.2, 0.25) is 0 Å². The first-order chi connectivity index (χ1) is 7.19. The first kappa shape index (κ1) is 12.9. The lowest BCUT2D eigenvalue weighted by Gasteiger charge is -2.20. The Hall–Kier alpha value is -0.120. The summed E-state index contributed by atoms with van der Waals surface area (Å²) in [5.74, 6) is -0.226. The Morgan fingerprint density at radius 3 is 2.73 bits per heavy atom. The minimum Gasteiger partial charge on any atom is -0.298 e. The molecule has 0 aliphatic heterocycles. The Morgan fingerprint density at radius 2 is 2.20 bits per heavy atom. The summed E-state index contributed by atoms with van der Waals surface area (Å²) in [5.41, 5.74) is 0.585. The fourth-order valence-electron chi connectivity index (χ4n) is 1.38. The lowest BCUT2D eigenvalue weighted by molar-refractivity contribution is 0.294. The molecule has 0 bridgehead atoms. The summed E-state index contributed by atoms with van der Waals surface area (Å²) in [6, 6.07) is 4.80. The van der Waals surface area contributed by atoms with Crippen LogP contribution >= 0.6 is 27.5 Å². The summed E-state index contributed by atoms with van der Waals surface area (Å²) in [7, 11) is 0. The second kappa shape index (κ2) is 6.46. The van der Waals surface area contributed by atoms with Gasteiger partial charge in [-0.05, 0) is 18.7 Å². The van der Waals surface area contributed by atoms with Crippen LogP contribution in [-0.2, 0) is 6.54 Å². The molecule has 0 amide bonds. The zero-order chi connectivity index (χ0) is 11.3. The van der Waals surface area contributed by atoms with Crippen molar-refractivity contribution in [3.05, 3.63) is 34.6 Å². The molecular formula is C11H14BrClFN. The summed E-state index contributed by atoms with van der Waals surface area (Å²) in [4.78, 5) is 2.14. The second-order valence-electron chi connectivity index (χ2n) is 3.26. The Balaban J connectivity index is 2.78. The van der Waals surface area contributed by atoms with E-state index in [0.717, 1.165) is 18.4 Å². The third kappa shape index (κ3) is 3.74. The molecule has 0 saturated carbocycles. The van der Waals surface area contributed by atoms with E-state index in [4.69, 9.17) is 11.6 Å². The molecule has 1 aromatic carbocycles. The van der Waals surface area contributed by atoms with Crippen LogP contribution in [0.2, 0.25) is 5.02 Å². The van der Waals surface area contributed by atoms with E-state index in [1.54, 1.807) is 12.1 Å². The van der Waals surface area contributed by atoms with Gasteiger partial charge in [-0.2, -0.15) is 0 Å². The molecule has 0 aliphatic carbocycles. The maximum Gasteiger partial charge on any atom is 0.129 e. The van der Waals surface area contributed by atoms with Crippen molar-refractivity contribution in [2.45, 2.75) is 13.5 Å². The molecule has 1 rings (SSSR count). The van der Waals surface area contributed by atoms with Crippen molar-refractivity contribution in [3.63, 3.8) is 0 Å². The number of hydrogen-bond acceptors (Lipinski definition) is 1. The molecule has 0 spiro atoms. The van der Waals surface area contributed by atoms with E-state index < -0.39 is 0 Å². The normalized spacial score (nSPS) is 11.0. The molecule has 4 heteroatoms. The number of alkyl halides is 1. The van der Waals surface area contributed by atoms with Crippen LogP contribution in [0.4, 0.5) is 4.39 Å². The summed E-state index contributed by atoms with van der Waals surface area (Å²) < 4.78 is 13.5. The Labute approximate surface area is 103 Å². The average Bonchev–Trinajstić information content (AvgIpc) is 2.22. The summed E-state index contributed by atoms with van der Waals surface area (Å²) in [5, 5.41) is 1.38. The third-order valence-electron chi connectivity index (χ3n) is 2.29. The quantitative estimate of drug-likeness (QED) is 0.749. The predicted octanol–water partition coefficient (Wildman–Crippen LogP) is 3.70. The van der Waals surface area contributed by atoms with Crippen LogP contribution in [0.1, 0.15) is 12.5 Å². The molecule has 0 unspecified atom stereocenters. The van der Waals surface area contributed by atoms with Gasteiger partial charge < -0.3 is 0 Å². The fourth-order valence-corrected chi connectivity index (χ4v) is 2.10. The zero-order valence-corrected chi connectivity index (χ0v) is 11.0. The SMILES string of the molecule is CCN(CCBr)Cc1c(F)cccc1Cl. The average molecular weight is 295 g/mol. The first-order valence-corrected chi connectivity index (χ1v) is 6.40. The van der Waals surface area contributed by atoms with Crippen LogP contribution in [-0.4, -0.2) is 23.3 Å². The molecule has 84 valence electrons. The smallest absolute Gasteiger partial charge is 0.129 e. The van der Waals surface area contributed by atoms with E-state index in [0.29, 0.717) is 17.1 Å². The van der Waals surface area contributed by atoms with E-state index in [1.165, 1.54) is 6.07 Å². The van der Waals surface area contributed by atoms with Crippen molar-refractivity contribution in [2.75, 3.05) is 18.4 Å². The molecule has 0 N–H and O–H groups in total. The van der Waals surface area contributed by atoms with E-state index >= 15 is 0 Å². The van der Waals surface area contributed by atoms with E-state index in [1.807, 2.05) is 0 Å². The molecule has 0 atom stereocenters. The van der Waals surface area contributed by atoms with Crippen LogP contribution in [0, 0.1) is 5.82 Å². The third-order valence-corrected chi connectivity index (χ3v) is 3.00. The monoisotopic (exact) mass is 293 g/mol. The molecule has 0 heterocycles. The van der Waals surface area contributed by atoms with Crippen molar-refractivity contribution >= 4 is 27.5 Å². The van der Waals surface area contributed by atoms with E-state index in [-0.39, 0.29) is 5.82 Å². The van der Waals surface area contributed by atoms with E-state index in [2.05, 4.69) is 27.8 Å². The minimum absolute atomic E-state index is 0.226. The minimum atomic E-state index is -0.226. The highest BCUT2D eigenvalue weighted by Gasteiger charge is 2.10. The molecule has 1 aromatic rings. The first-order valence-electron chi connectivity index (χ1n) is 4.90. The van der Waals surface area contributed by atoms with Crippen LogP contribution in [0.3, 0.4) is 0 Å². The van der Waals surface area contributed by atoms with Gasteiger partial charge in [-0.1, -0.05) is 40.5 Å². The number of halogens is 3. The van der Waals surface area contributed by atoms with Gasteiger partial charge in [-0.25, -0.2) is 4.39 Å². The molecule has 15 heavy (non-hydrogen) atoms. The van der Waals surface area contributed by atoms with Crippen molar-refractivity contribution in [1.82, 2.24) is 4.90 Å². The van der Waals surface area contributed by atoms with Crippen LogP contribution < -0.4 is 0 Å². The van der Waals surface area contributed by atoms with Crippen LogP contribution in [0.15, 0.2) is 18.2 Å². The van der Waals surface area contributed by atoms with Gasteiger partial charge in [0.05, 0.1) is 0 Å². The number of benzene rings is 1. The van der Waals surface area contributed by atoms with Gasteiger partial charge in [0.25, 0.3) is 0 Å². The van der Waals surface area contributed by atoms with Gasteiger partial charge in [0.15, 0.2) is 0 Å². The van der Waals surface area contributed by atoms with Crippen molar-refractivity contribution in [3.8, 4) is 0 Å². The molecule has 0 radical (unpaired) electrons. The summed E-state index contributed by atoms with van der Waals surface area (Å²) in [6.45, 7) is 4.39. The maximum atomic E-state index is 13.5. The molecule has 0 aromatic heterocycles. The summed E-state index contributed by atoms with van der Waals surface area (Å²) in [6.07, 6.45) is 0. The van der Waals surface area contributed by atoms with Crippen molar-refractivity contribution in [1.29, 1.82) is 0 Å². The Bertz CT molecular complexity index is 299. The highest BCUT2D eigenvalue weighted by atomic mass is 79.9. The molecule has 0 saturated heterocycles. The standard InChI is InChI=1S/C11H14BrClFN/c1-2-15(7-6-12)8-9-10(13)4-3-5-11(9)14/h3-5H,2,6-8H2,1H3. The van der Waals surface area contributed by atoms with Gasteiger partial charge in [-0.15, -0.1) is 0 Å². The summed E-state index contributed by atoms with van der Waals surface area (Å²) >= 11 is 9.33. The molecular weight excluding hydrogens is 280 g/mol. The maximum absolute atomic E-state index is 13.5. The highest BCUT2D eigenvalue weighted by Crippen LogP contribution is 2.20. The highest BCUT2D eigenvalue weighted by molar-refractivity contribution is 9.09. The van der Waals surface area contributed by atoms with Gasteiger partial charge in [0, 0.05) is 29.0 Å². The van der Waals surface area contributed by atoms with Crippen LogP contribution in [0.25, 0.3) is 0 Å². The van der Waals surface area contributed by atoms with Crippen LogP contribution in [0.5, 0.6) is 0 Å².